The van der Waals surface area contributed by atoms with Crippen LogP contribution in [0, 0.1) is 0 Å². The van der Waals surface area contributed by atoms with E-state index in [1.165, 1.54) is 17.5 Å². The molecule has 0 bridgehead atoms. The largest absolute Gasteiger partial charge is 0.491 e. The Labute approximate surface area is 168 Å². The summed E-state index contributed by atoms with van der Waals surface area (Å²) in [6.07, 6.45) is 4.38. The zero-order valence-electron chi connectivity index (χ0n) is 16.7. The molecule has 0 saturated carbocycles. The molecule has 152 valence electrons. The maximum atomic E-state index is 10.4. The lowest BCUT2D eigenvalue weighted by Gasteiger charge is -2.26. The van der Waals surface area contributed by atoms with Gasteiger partial charge >= 0.3 is 0 Å². The fourth-order valence-electron chi connectivity index (χ4n) is 3.74. The van der Waals surface area contributed by atoms with Gasteiger partial charge in [-0.05, 0) is 55.8 Å². The molecule has 1 heterocycles. The second-order valence-electron chi connectivity index (χ2n) is 7.73. The zero-order chi connectivity index (χ0) is 19.6. The highest BCUT2D eigenvalue weighted by Gasteiger charge is 2.19. The van der Waals surface area contributed by atoms with E-state index >= 15 is 0 Å². The molecule has 4 heteroatoms. The van der Waals surface area contributed by atoms with Crippen LogP contribution in [0.2, 0.25) is 0 Å². The molecule has 3 rings (SSSR count). The van der Waals surface area contributed by atoms with E-state index in [0.29, 0.717) is 6.42 Å². The summed E-state index contributed by atoms with van der Waals surface area (Å²) in [6, 6.07) is 18.6. The number of hydrogen-bond donors (Lipinski definition) is 2. The van der Waals surface area contributed by atoms with Crippen LogP contribution in [0.3, 0.4) is 0 Å². The number of aliphatic hydroxyl groups excluding tert-OH is 2. The number of ether oxygens (including phenoxy) is 1. The fourth-order valence-corrected chi connectivity index (χ4v) is 3.74. The van der Waals surface area contributed by atoms with Crippen molar-refractivity contribution in [2.24, 2.45) is 0 Å². The molecule has 2 aromatic carbocycles. The van der Waals surface area contributed by atoms with Crippen LogP contribution in [-0.2, 0) is 12.8 Å². The van der Waals surface area contributed by atoms with Gasteiger partial charge in [-0.2, -0.15) is 0 Å². The third-order valence-electron chi connectivity index (χ3n) is 5.55. The van der Waals surface area contributed by atoms with E-state index in [9.17, 15) is 10.2 Å². The SMILES string of the molecule is O[C@@H]1COc2ccccc2CCCCCN(CCc2ccccc2)CC[C@@H]1O. The van der Waals surface area contributed by atoms with Crippen molar-refractivity contribution in [2.45, 2.75) is 50.7 Å². The van der Waals surface area contributed by atoms with Crippen molar-refractivity contribution in [3.05, 3.63) is 65.7 Å². The first kappa shape index (κ1) is 20.8. The lowest BCUT2D eigenvalue weighted by molar-refractivity contribution is -0.0159. The Morgan fingerprint density at radius 1 is 0.857 bits per heavy atom. The standard InChI is InChI=1S/C24H33NO3/c26-22-15-18-25(17-14-20-9-3-1-4-10-20)16-8-2-5-11-21-12-6-7-13-24(21)28-19-23(22)27/h1,3-4,6-7,9-10,12-13,22-23,26-27H,2,5,8,11,14-19H2/t22-,23+/m0/s1. The highest BCUT2D eigenvalue weighted by atomic mass is 16.5. The molecule has 0 radical (unpaired) electrons. The van der Waals surface area contributed by atoms with E-state index in [4.69, 9.17) is 4.74 Å². The molecular formula is C24H33NO3. The predicted octanol–water partition coefficient (Wildman–Crippen LogP) is 3.45. The predicted molar refractivity (Wildman–Crippen MR) is 113 cm³/mol. The van der Waals surface area contributed by atoms with E-state index in [0.717, 1.165) is 51.1 Å². The molecule has 0 amide bonds. The minimum atomic E-state index is -0.869. The highest BCUT2D eigenvalue weighted by molar-refractivity contribution is 5.33. The Bertz CT molecular complexity index is 691. The molecule has 2 atom stereocenters. The Morgan fingerprint density at radius 2 is 1.64 bits per heavy atom. The maximum Gasteiger partial charge on any atom is 0.122 e. The van der Waals surface area contributed by atoms with Gasteiger partial charge in [0.1, 0.15) is 18.5 Å². The molecule has 0 spiro atoms. The highest BCUT2D eigenvalue weighted by Crippen LogP contribution is 2.21. The molecule has 0 aromatic heterocycles. The van der Waals surface area contributed by atoms with Crippen LogP contribution in [0.4, 0.5) is 0 Å². The van der Waals surface area contributed by atoms with Gasteiger partial charge < -0.3 is 19.8 Å². The molecule has 2 N–H and O–H groups in total. The number of rotatable bonds is 3. The summed E-state index contributed by atoms with van der Waals surface area (Å²) in [4.78, 5) is 2.42. The lowest BCUT2D eigenvalue weighted by Crippen LogP contribution is -2.37. The Kier molecular flexibility index (Phi) is 8.34. The smallest absolute Gasteiger partial charge is 0.122 e. The summed E-state index contributed by atoms with van der Waals surface area (Å²) < 4.78 is 5.82. The van der Waals surface area contributed by atoms with Crippen LogP contribution in [0.1, 0.15) is 36.8 Å². The van der Waals surface area contributed by atoms with Gasteiger partial charge in [0.05, 0.1) is 6.10 Å². The molecule has 1 aliphatic rings. The Hall–Kier alpha value is -1.88. The molecule has 2 aromatic rings. The summed E-state index contributed by atoms with van der Waals surface area (Å²) in [6.45, 7) is 2.93. The second kappa shape index (κ2) is 11.2. The van der Waals surface area contributed by atoms with Crippen LogP contribution in [0.25, 0.3) is 0 Å². The van der Waals surface area contributed by atoms with Crippen molar-refractivity contribution in [1.82, 2.24) is 4.90 Å². The average molecular weight is 384 g/mol. The first-order valence-electron chi connectivity index (χ1n) is 10.6. The van der Waals surface area contributed by atoms with Gasteiger partial charge in [-0.1, -0.05) is 55.0 Å². The number of aliphatic hydroxyl groups is 2. The van der Waals surface area contributed by atoms with Gasteiger partial charge in [0.2, 0.25) is 0 Å². The molecule has 4 nitrogen and oxygen atoms in total. The third-order valence-corrected chi connectivity index (χ3v) is 5.55. The van der Waals surface area contributed by atoms with Gasteiger partial charge in [-0.25, -0.2) is 0 Å². The number of para-hydroxylation sites is 1. The van der Waals surface area contributed by atoms with Gasteiger partial charge in [-0.3, -0.25) is 0 Å². The van der Waals surface area contributed by atoms with Crippen LogP contribution in [0.5, 0.6) is 5.75 Å². The normalized spacial score (nSPS) is 22.6. The first-order chi connectivity index (χ1) is 13.7. The van der Waals surface area contributed by atoms with Crippen molar-refractivity contribution in [3.8, 4) is 5.75 Å². The van der Waals surface area contributed by atoms with Crippen molar-refractivity contribution in [3.63, 3.8) is 0 Å². The zero-order valence-corrected chi connectivity index (χ0v) is 16.7. The van der Waals surface area contributed by atoms with Crippen LogP contribution in [0.15, 0.2) is 54.6 Å². The van der Waals surface area contributed by atoms with Crippen LogP contribution >= 0.6 is 0 Å². The van der Waals surface area contributed by atoms with Gasteiger partial charge in [0.15, 0.2) is 0 Å². The molecule has 1 aliphatic heterocycles. The summed E-state index contributed by atoms with van der Waals surface area (Å²) in [5.74, 6) is 0.829. The molecule has 0 saturated heterocycles. The van der Waals surface area contributed by atoms with Gasteiger partial charge in [0.25, 0.3) is 0 Å². The number of aryl methyl sites for hydroxylation is 1. The molecular weight excluding hydrogens is 350 g/mol. The summed E-state index contributed by atoms with van der Waals surface area (Å²) in [5.41, 5.74) is 2.52. The van der Waals surface area contributed by atoms with Crippen LogP contribution in [-0.4, -0.2) is 53.6 Å². The Balaban J connectivity index is 1.59. The first-order valence-corrected chi connectivity index (χ1v) is 10.6. The summed E-state index contributed by atoms with van der Waals surface area (Å²) in [5, 5.41) is 20.7. The number of hydrogen-bond acceptors (Lipinski definition) is 4. The van der Waals surface area contributed by atoms with Crippen molar-refractivity contribution in [2.75, 3.05) is 26.2 Å². The van der Waals surface area contributed by atoms with Crippen LogP contribution < -0.4 is 4.74 Å². The molecule has 0 fully saturated rings. The quantitative estimate of drug-likeness (QED) is 0.852. The van der Waals surface area contributed by atoms with Crippen molar-refractivity contribution >= 4 is 0 Å². The average Bonchev–Trinajstić information content (AvgIpc) is 2.73. The van der Waals surface area contributed by atoms with Gasteiger partial charge in [0, 0.05) is 13.1 Å². The maximum absolute atomic E-state index is 10.4. The van der Waals surface area contributed by atoms with Crippen molar-refractivity contribution < 1.29 is 14.9 Å². The molecule has 28 heavy (non-hydrogen) atoms. The number of fused-ring (bicyclic) bond motifs is 1. The second-order valence-corrected chi connectivity index (χ2v) is 7.73. The van der Waals surface area contributed by atoms with E-state index in [-0.39, 0.29) is 6.61 Å². The number of benzene rings is 2. The lowest BCUT2D eigenvalue weighted by atomic mass is 10.0. The molecule has 0 unspecified atom stereocenters. The fraction of sp³-hybridized carbons (Fsp3) is 0.500. The van der Waals surface area contributed by atoms with Crippen molar-refractivity contribution in [1.29, 1.82) is 0 Å². The third kappa shape index (κ3) is 6.62. The van der Waals surface area contributed by atoms with Gasteiger partial charge in [-0.15, -0.1) is 0 Å². The molecule has 0 aliphatic carbocycles. The summed E-state index contributed by atoms with van der Waals surface area (Å²) >= 11 is 0. The van der Waals surface area contributed by atoms with E-state index in [1.807, 2.05) is 24.3 Å². The number of nitrogens with zero attached hydrogens (tertiary/aromatic N) is 1. The van der Waals surface area contributed by atoms with E-state index in [2.05, 4.69) is 35.2 Å². The minimum absolute atomic E-state index is 0.127. The summed E-state index contributed by atoms with van der Waals surface area (Å²) in [7, 11) is 0. The van der Waals surface area contributed by atoms with E-state index in [1.54, 1.807) is 0 Å². The Morgan fingerprint density at radius 3 is 2.50 bits per heavy atom. The topological polar surface area (TPSA) is 52.9 Å². The monoisotopic (exact) mass is 383 g/mol. The minimum Gasteiger partial charge on any atom is -0.491 e. The van der Waals surface area contributed by atoms with E-state index < -0.39 is 12.2 Å².